The van der Waals surface area contributed by atoms with E-state index in [2.05, 4.69) is 77.3 Å². The maximum absolute atomic E-state index is 14.2. The van der Waals surface area contributed by atoms with Gasteiger partial charge in [-0.2, -0.15) is 0 Å². The Bertz CT molecular complexity index is 5230. The fraction of sp³-hybridized carbons (Fsp3) is 0.657. The van der Waals surface area contributed by atoms with Crippen LogP contribution in [0.15, 0.2) is 82.4 Å². The van der Waals surface area contributed by atoms with Gasteiger partial charge in [-0.05, 0) is 140 Å². The smallest absolute Gasteiger partial charge is 0.355 e. The number of cyclic esters (lactones) is 2. The molecule has 13 N–H and O–H groups in total. The molecule has 2 amide bonds. The van der Waals surface area contributed by atoms with Gasteiger partial charge in [-0.15, -0.1) is 0 Å². The number of carbonyl (C=O) groups is 8. The van der Waals surface area contributed by atoms with Crippen LogP contribution in [0.3, 0.4) is 0 Å². The number of fused-ring (bicyclic) bond motifs is 10. The molecule has 4 aliphatic heterocycles. The third kappa shape index (κ3) is 29.5. The third-order valence-electron chi connectivity index (χ3n) is 29.9. The van der Waals surface area contributed by atoms with Crippen molar-refractivity contribution in [2.45, 2.75) is 236 Å². The molecule has 0 spiro atoms. The number of hydrogen-bond acceptors (Lipinski definition) is 31. The normalized spacial score (nSPS) is 17.7. The molecule has 0 radical (unpaired) electrons. The Morgan fingerprint density at radius 1 is 0.414 bits per heavy atom. The lowest BCUT2D eigenvalue weighted by atomic mass is 9.85. The molecule has 766 valence electrons. The van der Waals surface area contributed by atoms with Crippen LogP contribution >= 0.6 is 0 Å². The molecule has 8 heterocycles. The minimum atomic E-state index is -1.93. The van der Waals surface area contributed by atoms with E-state index in [1.165, 1.54) is 77.0 Å². The zero-order chi connectivity index (χ0) is 98.0. The van der Waals surface area contributed by atoms with Crippen molar-refractivity contribution in [3.8, 4) is 22.8 Å². The number of unbranched alkanes of at least 4 members (excludes halogenated alkanes) is 2. The van der Waals surface area contributed by atoms with Gasteiger partial charge in [0.1, 0.15) is 31.3 Å². The van der Waals surface area contributed by atoms with Gasteiger partial charge in [0.2, 0.25) is 23.0 Å². The summed E-state index contributed by atoms with van der Waals surface area (Å²) in [6, 6.07) is 25.2. The Labute approximate surface area is 825 Å². The number of ether oxygens (including phenoxy) is 4. The van der Waals surface area contributed by atoms with Crippen molar-refractivity contribution in [2.24, 2.45) is 11.5 Å². The fourth-order valence-electron chi connectivity index (χ4n) is 20.4. The number of amides is 2. The number of para-hydroxylation sites is 2. The highest BCUT2D eigenvalue weighted by Gasteiger charge is 2.52. The molecule has 0 unspecified atom stereocenters. The van der Waals surface area contributed by atoms with E-state index in [0.29, 0.717) is 99.1 Å². The van der Waals surface area contributed by atoms with Gasteiger partial charge in [0.15, 0.2) is 0 Å². The second-order valence-electron chi connectivity index (χ2n) is 39.5. The van der Waals surface area contributed by atoms with Gasteiger partial charge in [0.05, 0.1) is 64.4 Å². The Kier molecular flexibility index (Phi) is 41.4. The Morgan fingerprint density at radius 3 is 1.32 bits per heavy atom. The van der Waals surface area contributed by atoms with Crippen molar-refractivity contribution in [3.63, 3.8) is 0 Å². The highest BCUT2D eigenvalue weighted by molar-refractivity contribution is 5.93. The van der Waals surface area contributed by atoms with E-state index in [9.17, 15) is 47.9 Å². The third-order valence-corrected chi connectivity index (χ3v) is 29.9. The molecule has 4 fully saturated rings. The lowest BCUT2D eigenvalue weighted by molar-refractivity contribution is -0.189. The van der Waals surface area contributed by atoms with Gasteiger partial charge in [-0.3, -0.25) is 53.1 Å². The highest BCUT2D eigenvalue weighted by Crippen LogP contribution is 2.44. The first-order valence-corrected chi connectivity index (χ1v) is 52.8. The first-order chi connectivity index (χ1) is 68.3. The molecule has 6 aromatic rings. The van der Waals surface area contributed by atoms with Crippen LogP contribution in [-0.4, -0.2) is 329 Å². The van der Waals surface area contributed by atoms with E-state index < -0.39 is 47.5 Å². The van der Waals surface area contributed by atoms with Gasteiger partial charge < -0.3 is 102 Å². The van der Waals surface area contributed by atoms with Crippen LogP contribution < -0.4 is 70.4 Å². The molecule has 140 heavy (non-hydrogen) atoms. The molecule has 8 aliphatic rings. The van der Waals surface area contributed by atoms with Crippen LogP contribution in [0.4, 0.5) is 0 Å². The zero-order valence-electron chi connectivity index (χ0n) is 83.2. The van der Waals surface area contributed by atoms with Crippen LogP contribution in [0.2, 0.25) is 0 Å². The molecule has 14 rings (SSSR count). The highest BCUT2D eigenvalue weighted by atomic mass is 16.6. The SMILES string of the molecule is CC[C@]1(OC(=O)CCC(=O)CCC(=O)NCCN(CCNCCNCCNC2CCC2)CCN(CCCCCN(CCN)CCN(CCNC2CCC2)CCN(CCCC(=O)CCC(=O)NCC(=O)O[C@]2(CC)C(=O)OCc3c2cc2n(c3=O)Cc3cc4ccccc4nc3-2)CCNC2CCC2)CCNCCN(CCNCCN)C2CCC2)C(=O)OCc2c1cc1n(c2=O)Cc2cc3ccccc3nc2-1. The first-order valence-electron chi connectivity index (χ1n) is 52.8. The van der Waals surface area contributed by atoms with Crippen LogP contribution in [0.25, 0.3) is 44.6 Å². The zero-order valence-corrected chi connectivity index (χ0v) is 83.2. The van der Waals surface area contributed by atoms with E-state index in [-0.39, 0.29) is 115 Å². The van der Waals surface area contributed by atoms with Crippen molar-refractivity contribution in [2.75, 3.05) is 209 Å². The number of rotatable bonds is 69. The monoisotopic (exact) mass is 1940 g/mol. The summed E-state index contributed by atoms with van der Waals surface area (Å²) in [5.41, 5.74) is 14.2. The summed E-state index contributed by atoms with van der Waals surface area (Å²) in [5.74, 6) is -4.36. The molecule has 0 saturated heterocycles. The number of hydrogen-bond donors (Lipinski definition) is 11. The quantitative estimate of drug-likeness (QED) is 0.0136. The van der Waals surface area contributed by atoms with Crippen LogP contribution in [0.5, 0.6) is 0 Å². The Morgan fingerprint density at radius 2 is 0.829 bits per heavy atom. The van der Waals surface area contributed by atoms with E-state index >= 15 is 0 Å². The summed E-state index contributed by atoms with van der Waals surface area (Å²) < 4.78 is 26.3. The van der Waals surface area contributed by atoms with Crippen molar-refractivity contribution >= 4 is 69.1 Å². The largest absolute Gasteiger partial charge is 0.457 e. The second kappa shape index (κ2) is 54.4. The average molecular weight is 1940 g/mol. The first kappa shape index (κ1) is 106. The molecule has 4 aliphatic carbocycles. The van der Waals surface area contributed by atoms with Gasteiger partial charge in [-0.1, -0.05) is 82.3 Å². The van der Waals surface area contributed by atoms with Crippen molar-refractivity contribution in [1.82, 2.24) is 96.4 Å². The van der Waals surface area contributed by atoms with Gasteiger partial charge >= 0.3 is 23.9 Å². The summed E-state index contributed by atoms with van der Waals surface area (Å²) in [4.78, 5) is 162. The maximum atomic E-state index is 14.2. The van der Waals surface area contributed by atoms with Gasteiger partial charge in [-0.25, -0.2) is 19.6 Å². The molecule has 35 nitrogen and oxygen atoms in total. The van der Waals surface area contributed by atoms with Crippen molar-refractivity contribution in [1.29, 1.82) is 0 Å². The number of nitrogens with two attached hydrogens (primary N) is 2. The number of aromatic nitrogens is 4. The predicted molar refractivity (Wildman–Crippen MR) is 542 cm³/mol. The lowest BCUT2D eigenvalue weighted by Gasteiger charge is -2.37. The fourth-order valence-corrected chi connectivity index (χ4v) is 20.4. The molecule has 4 aromatic heterocycles. The molecular formula is C105H157N21O14. The van der Waals surface area contributed by atoms with E-state index in [4.69, 9.17) is 40.4 Å². The summed E-state index contributed by atoms with van der Waals surface area (Å²) in [6.45, 7) is 28.5. The van der Waals surface area contributed by atoms with Crippen molar-refractivity contribution in [3.05, 3.63) is 127 Å². The molecule has 35 heteroatoms. The number of ketones is 2. The number of Topliss-reactive ketones (excluding diaryl/α,β-unsaturated/α-hetero) is 2. The summed E-state index contributed by atoms with van der Waals surface area (Å²) in [7, 11) is 0. The summed E-state index contributed by atoms with van der Waals surface area (Å²) >= 11 is 0. The topological polar surface area (TPSA) is 423 Å². The van der Waals surface area contributed by atoms with E-state index in [0.717, 1.165) is 229 Å². The van der Waals surface area contributed by atoms with Crippen LogP contribution in [-0.2, 0) is 94.8 Å². The average Bonchev–Trinajstić information content (AvgIpc) is 1.55. The summed E-state index contributed by atoms with van der Waals surface area (Å²) in [6.07, 6.45) is 18.2. The molecule has 0 bridgehead atoms. The Balaban J connectivity index is 0.542. The second-order valence-corrected chi connectivity index (χ2v) is 39.5. The number of carbonyl (C=O) groups excluding carboxylic acids is 8. The molecule has 2 aromatic carbocycles. The number of benzene rings is 2. The standard InChI is InChI=1S/C105H157N21O14/c1-3-104(88-69-92-98-78(67-76-17-6-8-28-90(76)117-98)72-125(92)100(133)86(88)74-137-102(104)135)139-96(131)35-32-85(128)31-33-94(129)115-49-58-122(55-43-110-40-39-109-41-42-112-80-19-12-20-80)64-62-120(54-44-111-46-60-124(83-25-15-26-83)59-45-108-38-36-106)51-11-5-10-50-119(53-37-107)61-65-123(57-48-114-82-23-14-24-82)66-63-121(56-47-113-81-21-13-22-81)52-16-27-84(127)30-34-95(130)116-71-97(132)140-105(4-2)89-70-93-99-79(68-77-18-7-9-29-91(77)118-99)73-126(93)101(134)87(89)75-138-103(105)136/h6-9,17-18,28-29,67-70,80-83,108-114H,3-5,10-16,19-27,30-66,71-75,106-107H2,1-2H3,(H,115,129)(H,116,130)/t104-,105+/m1/s1. The van der Waals surface area contributed by atoms with Crippen molar-refractivity contribution < 1.29 is 57.3 Å². The van der Waals surface area contributed by atoms with Crippen LogP contribution in [0, 0.1) is 0 Å². The maximum Gasteiger partial charge on any atom is 0.355 e. The molecular weight excluding hydrogens is 1780 g/mol. The number of esters is 4. The van der Waals surface area contributed by atoms with E-state index in [1.807, 2.05) is 60.7 Å². The molecule has 4 saturated carbocycles. The van der Waals surface area contributed by atoms with Gasteiger partial charge in [0.25, 0.3) is 11.1 Å². The minimum absolute atomic E-state index is 0.00625. The Hall–Kier alpha value is -9.28. The minimum Gasteiger partial charge on any atom is -0.457 e. The number of pyridine rings is 4. The lowest BCUT2D eigenvalue weighted by Crippen LogP contribution is -2.48. The molecule has 2 atom stereocenters. The van der Waals surface area contributed by atoms with Gasteiger partial charge in [0, 0.05) is 279 Å². The number of nitrogens with one attached hydrogen (secondary N) is 9. The number of nitrogens with zero attached hydrogens (tertiary/aromatic N) is 10. The summed E-state index contributed by atoms with van der Waals surface area (Å²) in [5, 5.41) is 33.4. The predicted octanol–water partition coefficient (Wildman–Crippen LogP) is 5.00. The van der Waals surface area contributed by atoms with E-state index in [1.54, 1.807) is 35.1 Å². The van der Waals surface area contributed by atoms with Crippen LogP contribution in [0.1, 0.15) is 208 Å².